The largest absolute Gasteiger partial charge is 0.360 e. The van der Waals surface area contributed by atoms with Crippen LogP contribution in [-0.2, 0) is 0 Å². The number of halogens is 1. The number of H-pyrrole nitrogens is 1. The summed E-state index contributed by atoms with van der Waals surface area (Å²) in [4.78, 5) is 15.2. The van der Waals surface area contributed by atoms with E-state index in [9.17, 15) is 4.79 Å². The van der Waals surface area contributed by atoms with Crippen LogP contribution in [-0.4, -0.2) is 17.1 Å². The Balaban J connectivity index is 1.77. The van der Waals surface area contributed by atoms with Crippen molar-refractivity contribution in [3.8, 4) is 0 Å². The van der Waals surface area contributed by atoms with Gasteiger partial charge in [-0.15, -0.1) is 0 Å². The van der Waals surface area contributed by atoms with E-state index in [-0.39, 0.29) is 5.91 Å². The number of hydrazone groups is 1. The van der Waals surface area contributed by atoms with Gasteiger partial charge in [0.2, 0.25) is 0 Å². The van der Waals surface area contributed by atoms with Crippen molar-refractivity contribution in [2.75, 3.05) is 0 Å². The molecule has 0 spiro atoms. The van der Waals surface area contributed by atoms with Gasteiger partial charge in [-0.1, -0.05) is 48.0 Å². The second-order valence-corrected chi connectivity index (χ2v) is 4.88. The summed E-state index contributed by atoms with van der Waals surface area (Å²) in [5.41, 5.74) is 4.73. The van der Waals surface area contributed by atoms with Gasteiger partial charge in [-0.05, 0) is 12.1 Å². The topological polar surface area (TPSA) is 57.2 Å². The first-order valence-corrected chi connectivity index (χ1v) is 6.77. The monoisotopic (exact) mass is 297 g/mol. The molecule has 0 fully saturated rings. The zero-order valence-electron chi connectivity index (χ0n) is 11.0. The van der Waals surface area contributed by atoms with Gasteiger partial charge in [-0.25, -0.2) is 5.43 Å². The maximum Gasteiger partial charge on any atom is 0.273 e. The Bertz CT molecular complexity index is 823. The van der Waals surface area contributed by atoms with Crippen LogP contribution in [0.4, 0.5) is 0 Å². The number of amides is 1. The first-order chi connectivity index (χ1) is 10.3. The first-order valence-electron chi connectivity index (χ1n) is 6.40. The van der Waals surface area contributed by atoms with Crippen LogP contribution in [0.5, 0.6) is 0 Å². The Morgan fingerprint density at radius 3 is 2.76 bits per heavy atom. The zero-order chi connectivity index (χ0) is 14.7. The van der Waals surface area contributed by atoms with Crippen molar-refractivity contribution in [2.24, 2.45) is 5.10 Å². The number of benzene rings is 2. The summed E-state index contributed by atoms with van der Waals surface area (Å²) < 4.78 is 0. The lowest BCUT2D eigenvalue weighted by atomic mass is 10.2. The van der Waals surface area contributed by atoms with Gasteiger partial charge in [0.15, 0.2) is 0 Å². The third-order valence-corrected chi connectivity index (χ3v) is 3.45. The number of hydrogen-bond donors (Lipinski definition) is 2. The van der Waals surface area contributed by atoms with Crippen LogP contribution in [0.1, 0.15) is 15.9 Å². The molecule has 2 aromatic carbocycles. The van der Waals surface area contributed by atoms with Crippen molar-refractivity contribution in [1.82, 2.24) is 10.4 Å². The lowest BCUT2D eigenvalue weighted by Gasteiger charge is -1.99. The van der Waals surface area contributed by atoms with Crippen molar-refractivity contribution in [1.29, 1.82) is 0 Å². The van der Waals surface area contributed by atoms with Crippen LogP contribution in [0, 0.1) is 0 Å². The lowest BCUT2D eigenvalue weighted by molar-refractivity contribution is 0.0957. The Kier molecular flexibility index (Phi) is 3.71. The van der Waals surface area contributed by atoms with Gasteiger partial charge in [-0.3, -0.25) is 4.79 Å². The molecular weight excluding hydrogens is 286 g/mol. The van der Waals surface area contributed by atoms with Crippen molar-refractivity contribution < 1.29 is 4.79 Å². The molecule has 0 atom stereocenters. The van der Waals surface area contributed by atoms with E-state index in [4.69, 9.17) is 11.6 Å². The molecule has 0 aliphatic heterocycles. The van der Waals surface area contributed by atoms with Crippen LogP contribution >= 0.6 is 11.6 Å². The van der Waals surface area contributed by atoms with Gasteiger partial charge in [-0.2, -0.15) is 5.10 Å². The Labute approximate surface area is 126 Å². The fourth-order valence-corrected chi connectivity index (χ4v) is 2.24. The molecule has 2 N–H and O–H groups in total. The molecule has 0 bridgehead atoms. The Morgan fingerprint density at radius 2 is 1.90 bits per heavy atom. The number of aromatic amines is 1. The minimum Gasteiger partial charge on any atom is -0.360 e. The van der Waals surface area contributed by atoms with Gasteiger partial charge >= 0.3 is 0 Å². The zero-order valence-corrected chi connectivity index (χ0v) is 11.8. The van der Waals surface area contributed by atoms with E-state index in [2.05, 4.69) is 15.5 Å². The predicted octanol–water partition coefficient (Wildman–Crippen LogP) is 3.59. The summed E-state index contributed by atoms with van der Waals surface area (Å²) in [6, 6.07) is 14.9. The molecule has 5 heteroatoms. The van der Waals surface area contributed by atoms with Gasteiger partial charge in [0.05, 0.1) is 11.8 Å². The molecule has 0 radical (unpaired) electrons. The average Bonchev–Trinajstić information content (AvgIpc) is 2.93. The molecule has 3 aromatic rings. The molecular formula is C16H12ClN3O. The number of fused-ring (bicyclic) bond motifs is 1. The molecule has 1 amide bonds. The average molecular weight is 298 g/mol. The summed E-state index contributed by atoms with van der Waals surface area (Å²) >= 11 is 6.01. The van der Waals surface area contributed by atoms with Crippen LogP contribution in [0.15, 0.2) is 59.8 Å². The van der Waals surface area contributed by atoms with Crippen LogP contribution in [0.25, 0.3) is 10.9 Å². The highest BCUT2D eigenvalue weighted by Crippen LogP contribution is 2.17. The molecule has 1 aromatic heterocycles. The summed E-state index contributed by atoms with van der Waals surface area (Å²) in [5, 5.41) is 5.39. The number of nitrogens with one attached hydrogen (secondary N) is 2. The molecule has 4 nitrogen and oxygen atoms in total. The van der Waals surface area contributed by atoms with Gasteiger partial charge in [0.1, 0.15) is 0 Å². The molecule has 0 aliphatic carbocycles. The van der Waals surface area contributed by atoms with E-state index >= 15 is 0 Å². The molecule has 0 saturated heterocycles. The second kappa shape index (κ2) is 5.81. The van der Waals surface area contributed by atoms with Gasteiger partial charge < -0.3 is 4.98 Å². The number of nitrogens with zero attached hydrogens (tertiary/aromatic N) is 1. The van der Waals surface area contributed by atoms with E-state index in [1.807, 2.05) is 42.5 Å². The number of para-hydroxylation sites is 1. The third kappa shape index (κ3) is 2.80. The molecule has 104 valence electrons. The highest BCUT2D eigenvalue weighted by molar-refractivity contribution is 6.33. The molecule has 21 heavy (non-hydrogen) atoms. The lowest BCUT2D eigenvalue weighted by Crippen LogP contribution is -2.17. The summed E-state index contributed by atoms with van der Waals surface area (Å²) in [6.45, 7) is 0. The van der Waals surface area contributed by atoms with E-state index in [1.54, 1.807) is 12.3 Å². The van der Waals surface area contributed by atoms with Crippen molar-refractivity contribution in [3.63, 3.8) is 0 Å². The summed E-state index contributed by atoms with van der Waals surface area (Å²) in [7, 11) is 0. The molecule has 0 saturated carbocycles. The number of aromatic nitrogens is 1. The van der Waals surface area contributed by atoms with Crippen LogP contribution in [0.2, 0.25) is 5.02 Å². The number of rotatable bonds is 3. The molecule has 0 aliphatic rings. The molecule has 0 unspecified atom stereocenters. The van der Waals surface area contributed by atoms with E-state index in [0.29, 0.717) is 10.6 Å². The van der Waals surface area contributed by atoms with E-state index < -0.39 is 0 Å². The minimum absolute atomic E-state index is 0.268. The van der Waals surface area contributed by atoms with E-state index in [0.717, 1.165) is 16.5 Å². The standard InChI is InChI=1S/C16H12ClN3O/c17-14-7-3-1-5-11(14)9-19-20-16(21)13-10-18-15-8-4-2-6-12(13)15/h1-10,18H,(H,20,21). The Hall–Kier alpha value is -2.59. The highest BCUT2D eigenvalue weighted by atomic mass is 35.5. The van der Waals surface area contributed by atoms with Gasteiger partial charge in [0, 0.05) is 27.7 Å². The highest BCUT2D eigenvalue weighted by Gasteiger charge is 2.10. The van der Waals surface area contributed by atoms with E-state index in [1.165, 1.54) is 6.21 Å². The first kappa shape index (κ1) is 13.4. The fraction of sp³-hybridized carbons (Fsp3) is 0. The predicted molar refractivity (Wildman–Crippen MR) is 84.8 cm³/mol. The van der Waals surface area contributed by atoms with Crippen molar-refractivity contribution in [2.45, 2.75) is 0 Å². The smallest absolute Gasteiger partial charge is 0.273 e. The summed E-state index contributed by atoms with van der Waals surface area (Å²) in [6.07, 6.45) is 3.19. The minimum atomic E-state index is -0.268. The second-order valence-electron chi connectivity index (χ2n) is 4.47. The third-order valence-electron chi connectivity index (χ3n) is 3.11. The number of hydrogen-bond acceptors (Lipinski definition) is 2. The fourth-order valence-electron chi connectivity index (χ4n) is 2.06. The maximum absolute atomic E-state index is 12.1. The molecule has 3 rings (SSSR count). The van der Waals surface area contributed by atoms with Crippen molar-refractivity contribution >= 4 is 34.6 Å². The van der Waals surface area contributed by atoms with Crippen LogP contribution < -0.4 is 5.43 Å². The van der Waals surface area contributed by atoms with Crippen LogP contribution in [0.3, 0.4) is 0 Å². The van der Waals surface area contributed by atoms with Gasteiger partial charge in [0.25, 0.3) is 5.91 Å². The number of carbonyl (C=O) groups excluding carboxylic acids is 1. The van der Waals surface area contributed by atoms with Crippen molar-refractivity contribution in [3.05, 3.63) is 70.9 Å². The Morgan fingerprint density at radius 1 is 1.14 bits per heavy atom. The SMILES string of the molecule is O=C(NN=Cc1ccccc1Cl)c1c[nH]c2ccccc12. The summed E-state index contributed by atoms with van der Waals surface area (Å²) in [5.74, 6) is -0.268. The maximum atomic E-state index is 12.1. The normalized spacial score (nSPS) is 11.1. The molecule has 1 heterocycles. The quantitative estimate of drug-likeness (QED) is 0.563. The number of carbonyl (C=O) groups is 1.